The molecule has 0 radical (unpaired) electrons. The van der Waals surface area contributed by atoms with Crippen LogP contribution in [0.3, 0.4) is 0 Å². The van der Waals surface area contributed by atoms with E-state index < -0.39 is 10.0 Å². The highest BCUT2D eigenvalue weighted by Crippen LogP contribution is 2.63. The molecule has 3 nitrogen and oxygen atoms in total. The largest absolute Gasteiger partial charge is 0.267 e. The quantitative estimate of drug-likeness (QED) is 0.410. The highest BCUT2D eigenvalue weighted by Gasteiger charge is 2.41. The first-order valence-corrected chi connectivity index (χ1v) is 12.6. The van der Waals surface area contributed by atoms with Crippen molar-refractivity contribution in [3.05, 3.63) is 78.6 Å². The molecular formula is C22H23NO2S3. The number of unbranched alkanes of at least 4 members (excludes halogenated alkanes) is 2. The molecule has 1 aliphatic rings. The zero-order chi connectivity index (χ0) is 19.6. The summed E-state index contributed by atoms with van der Waals surface area (Å²) >= 11 is 3.72. The molecule has 1 aromatic heterocycles. The smallest absolute Gasteiger partial charge is 0.249 e. The van der Waals surface area contributed by atoms with Crippen LogP contribution in [-0.4, -0.2) is 12.4 Å². The number of nitrogens with zero attached hydrogens (tertiary/aromatic N) is 1. The molecule has 2 heterocycles. The van der Waals surface area contributed by atoms with Crippen LogP contribution in [0.1, 0.15) is 38.2 Å². The van der Waals surface area contributed by atoms with Gasteiger partial charge in [-0.2, -0.15) is 0 Å². The summed E-state index contributed by atoms with van der Waals surface area (Å²) in [6, 6.07) is 19.0. The van der Waals surface area contributed by atoms with Crippen LogP contribution in [0.4, 0.5) is 0 Å². The summed E-state index contributed by atoms with van der Waals surface area (Å²) in [6.07, 6.45) is 7.98. The van der Waals surface area contributed by atoms with Gasteiger partial charge in [0.05, 0.1) is 8.97 Å². The highest BCUT2D eigenvalue weighted by atomic mass is 32.2. The molecule has 3 aromatic rings. The van der Waals surface area contributed by atoms with Crippen LogP contribution in [0.2, 0.25) is 0 Å². The minimum atomic E-state index is -3.57. The van der Waals surface area contributed by atoms with Crippen LogP contribution in [0.5, 0.6) is 0 Å². The van der Waals surface area contributed by atoms with Crippen LogP contribution < -0.4 is 0 Å². The van der Waals surface area contributed by atoms with Gasteiger partial charge in [-0.05, 0) is 42.3 Å². The number of benzene rings is 2. The number of rotatable bonds is 7. The van der Waals surface area contributed by atoms with Gasteiger partial charge in [0.1, 0.15) is 0 Å². The molecule has 0 atom stereocenters. The maximum Gasteiger partial charge on any atom is 0.267 e. The van der Waals surface area contributed by atoms with Gasteiger partial charge in [-0.25, -0.2) is 12.4 Å². The summed E-state index contributed by atoms with van der Waals surface area (Å²) in [5.41, 5.74) is 1.06. The zero-order valence-corrected chi connectivity index (χ0v) is 18.2. The first-order valence-electron chi connectivity index (χ1n) is 9.51. The van der Waals surface area contributed by atoms with Gasteiger partial charge in [-0.15, -0.1) is 23.5 Å². The lowest BCUT2D eigenvalue weighted by molar-refractivity contribution is 0.587. The molecule has 2 aromatic carbocycles. The fourth-order valence-electron chi connectivity index (χ4n) is 3.43. The van der Waals surface area contributed by atoms with Crippen molar-refractivity contribution in [1.29, 1.82) is 0 Å². The molecule has 0 fully saturated rings. The summed E-state index contributed by atoms with van der Waals surface area (Å²) in [6.45, 7) is 2.21. The molecular weight excluding hydrogens is 406 g/mol. The minimum absolute atomic E-state index is 0.170. The van der Waals surface area contributed by atoms with Crippen LogP contribution >= 0.6 is 23.5 Å². The third kappa shape index (κ3) is 3.65. The standard InChI is InChI=1S/C22H23NO2S3/c1-2-3-9-15-22(26-20-12-7-8-13-21(20)27-22)18-14-16-23(17-18)28(24,25)19-10-5-4-6-11-19/h4-8,10-14,16-17H,2-3,9,15H2,1H3. The maximum atomic E-state index is 13.0. The molecule has 0 bridgehead atoms. The second kappa shape index (κ2) is 8.01. The lowest BCUT2D eigenvalue weighted by atomic mass is 10.1. The average molecular weight is 430 g/mol. The molecule has 6 heteroatoms. The first-order chi connectivity index (χ1) is 13.5. The number of thioether (sulfide) groups is 2. The molecule has 0 saturated carbocycles. The number of hydrogen-bond acceptors (Lipinski definition) is 4. The lowest BCUT2D eigenvalue weighted by Crippen LogP contribution is -2.15. The molecule has 0 spiro atoms. The van der Waals surface area contributed by atoms with Gasteiger partial charge in [0, 0.05) is 22.2 Å². The van der Waals surface area contributed by atoms with Crippen molar-refractivity contribution >= 4 is 33.5 Å². The van der Waals surface area contributed by atoms with Gasteiger partial charge in [-0.3, -0.25) is 0 Å². The van der Waals surface area contributed by atoms with Gasteiger partial charge in [0.2, 0.25) is 0 Å². The van der Waals surface area contributed by atoms with Crippen molar-refractivity contribution in [1.82, 2.24) is 3.97 Å². The van der Waals surface area contributed by atoms with E-state index in [4.69, 9.17) is 0 Å². The van der Waals surface area contributed by atoms with E-state index in [0.29, 0.717) is 4.90 Å². The molecule has 0 amide bonds. The van der Waals surface area contributed by atoms with E-state index in [1.807, 2.05) is 35.7 Å². The van der Waals surface area contributed by atoms with Crippen LogP contribution in [0, 0.1) is 0 Å². The Balaban J connectivity index is 1.69. The zero-order valence-electron chi connectivity index (χ0n) is 15.7. The van der Waals surface area contributed by atoms with Gasteiger partial charge in [-0.1, -0.05) is 56.5 Å². The molecule has 0 N–H and O–H groups in total. The molecule has 28 heavy (non-hydrogen) atoms. The summed E-state index contributed by atoms with van der Waals surface area (Å²) < 4.78 is 27.2. The fraction of sp³-hybridized carbons (Fsp3) is 0.273. The molecule has 0 unspecified atom stereocenters. The SMILES string of the molecule is CCCCCC1(c2ccn(S(=O)(=O)c3ccccc3)c2)Sc2ccccc2S1. The van der Waals surface area contributed by atoms with Gasteiger partial charge in [0.25, 0.3) is 10.0 Å². The number of aromatic nitrogens is 1. The summed E-state index contributed by atoms with van der Waals surface area (Å²) in [5.74, 6) is 0. The van der Waals surface area contributed by atoms with Crippen LogP contribution in [0.25, 0.3) is 0 Å². The Morgan fingerprint density at radius 1 is 0.893 bits per heavy atom. The number of fused-ring (bicyclic) bond motifs is 1. The normalized spacial score (nSPS) is 15.5. The van der Waals surface area contributed by atoms with Crippen LogP contribution in [-0.2, 0) is 14.1 Å². The van der Waals surface area contributed by atoms with E-state index in [1.165, 1.54) is 26.6 Å². The van der Waals surface area contributed by atoms with Crippen molar-refractivity contribution in [2.75, 3.05) is 0 Å². The Morgan fingerprint density at radius 3 is 2.18 bits per heavy atom. The molecule has 0 saturated heterocycles. The Kier molecular flexibility index (Phi) is 5.63. The third-order valence-corrected chi connectivity index (χ3v) is 9.90. The molecule has 1 aliphatic heterocycles. The fourth-order valence-corrected chi connectivity index (χ4v) is 7.92. The monoisotopic (exact) mass is 429 g/mol. The second-order valence-corrected chi connectivity index (χ2v) is 11.7. The van der Waals surface area contributed by atoms with Gasteiger partial charge >= 0.3 is 0 Å². The van der Waals surface area contributed by atoms with Crippen molar-refractivity contribution in [2.45, 2.75) is 51.4 Å². The Bertz CT molecular complexity index is 1030. The van der Waals surface area contributed by atoms with Crippen molar-refractivity contribution in [3.63, 3.8) is 0 Å². The lowest BCUT2D eigenvalue weighted by Gasteiger charge is -2.26. The van der Waals surface area contributed by atoms with Gasteiger partial charge < -0.3 is 0 Å². The van der Waals surface area contributed by atoms with E-state index in [-0.39, 0.29) is 4.08 Å². The van der Waals surface area contributed by atoms with Crippen molar-refractivity contribution in [3.8, 4) is 0 Å². The molecule has 146 valence electrons. The summed E-state index contributed by atoms with van der Waals surface area (Å²) in [5, 5.41) is 0. The predicted octanol–water partition coefficient (Wildman–Crippen LogP) is 6.36. The Labute approximate surface area is 175 Å². The minimum Gasteiger partial charge on any atom is -0.249 e. The van der Waals surface area contributed by atoms with E-state index in [9.17, 15) is 8.42 Å². The topological polar surface area (TPSA) is 39.1 Å². The van der Waals surface area contributed by atoms with E-state index >= 15 is 0 Å². The van der Waals surface area contributed by atoms with Crippen molar-refractivity contribution in [2.24, 2.45) is 0 Å². The Hall–Kier alpha value is -1.63. The summed E-state index contributed by atoms with van der Waals surface area (Å²) in [7, 11) is -3.57. The maximum absolute atomic E-state index is 13.0. The predicted molar refractivity (Wildman–Crippen MR) is 117 cm³/mol. The molecule has 0 aliphatic carbocycles. The second-order valence-electron chi connectivity index (χ2n) is 6.91. The van der Waals surface area contributed by atoms with E-state index in [0.717, 1.165) is 18.4 Å². The Morgan fingerprint density at radius 2 is 1.54 bits per heavy atom. The van der Waals surface area contributed by atoms with E-state index in [1.54, 1.807) is 36.7 Å². The first kappa shape index (κ1) is 19.7. The highest BCUT2D eigenvalue weighted by molar-refractivity contribution is 8.20. The van der Waals surface area contributed by atoms with Crippen LogP contribution in [0.15, 0.2) is 87.7 Å². The number of hydrogen-bond donors (Lipinski definition) is 0. The third-order valence-electron chi connectivity index (χ3n) is 4.93. The summed E-state index contributed by atoms with van der Waals surface area (Å²) in [4.78, 5) is 2.87. The van der Waals surface area contributed by atoms with E-state index in [2.05, 4.69) is 31.2 Å². The van der Waals surface area contributed by atoms with Crippen molar-refractivity contribution < 1.29 is 8.42 Å². The average Bonchev–Trinajstić information content (AvgIpc) is 3.35. The van der Waals surface area contributed by atoms with Gasteiger partial charge in [0.15, 0.2) is 0 Å². The molecule has 4 rings (SSSR count).